The fourth-order valence-electron chi connectivity index (χ4n) is 1.67. The molecule has 0 aliphatic carbocycles. The number of halogens is 2. The summed E-state index contributed by atoms with van der Waals surface area (Å²) in [6.45, 7) is 0. The third-order valence-electron chi connectivity index (χ3n) is 2.65. The quantitative estimate of drug-likeness (QED) is 0.776. The third-order valence-corrected chi connectivity index (χ3v) is 4.53. The fraction of sp³-hybridized carbons (Fsp3) is 0. The van der Waals surface area contributed by atoms with Crippen molar-refractivity contribution in [2.24, 2.45) is 0 Å². The topological polar surface area (TPSA) is 42.0 Å². The molecule has 1 N–H and O–H groups in total. The Labute approximate surface area is 126 Å². The SMILES string of the molecule is O=C(Nc1cc(F)ccc1F)c1csc(-c2cccs2)n1. The molecule has 0 atom stereocenters. The first kappa shape index (κ1) is 13.8. The molecule has 21 heavy (non-hydrogen) atoms. The maximum atomic E-state index is 13.5. The second kappa shape index (κ2) is 5.71. The highest BCUT2D eigenvalue weighted by Gasteiger charge is 2.14. The van der Waals surface area contributed by atoms with E-state index in [0.29, 0.717) is 0 Å². The number of benzene rings is 1. The van der Waals surface area contributed by atoms with Crippen molar-refractivity contribution < 1.29 is 13.6 Å². The molecule has 1 aromatic carbocycles. The highest BCUT2D eigenvalue weighted by Crippen LogP contribution is 2.28. The van der Waals surface area contributed by atoms with E-state index < -0.39 is 17.5 Å². The van der Waals surface area contributed by atoms with Crippen molar-refractivity contribution in [3.63, 3.8) is 0 Å². The van der Waals surface area contributed by atoms with Crippen molar-refractivity contribution in [1.82, 2.24) is 4.98 Å². The van der Waals surface area contributed by atoms with E-state index in [9.17, 15) is 13.6 Å². The minimum absolute atomic E-state index is 0.173. The van der Waals surface area contributed by atoms with Crippen LogP contribution in [0.2, 0.25) is 0 Å². The summed E-state index contributed by atoms with van der Waals surface area (Å²) in [4.78, 5) is 17.2. The number of hydrogen-bond donors (Lipinski definition) is 1. The first-order valence-electron chi connectivity index (χ1n) is 5.89. The highest BCUT2D eigenvalue weighted by atomic mass is 32.1. The number of thiophene rings is 1. The van der Waals surface area contributed by atoms with Crippen LogP contribution in [0.3, 0.4) is 0 Å². The van der Waals surface area contributed by atoms with E-state index in [4.69, 9.17) is 0 Å². The lowest BCUT2D eigenvalue weighted by atomic mass is 10.3. The van der Waals surface area contributed by atoms with E-state index in [1.54, 1.807) is 5.38 Å². The Morgan fingerprint density at radius 2 is 2.05 bits per heavy atom. The molecule has 1 amide bonds. The molecule has 0 saturated carbocycles. The van der Waals surface area contributed by atoms with E-state index in [-0.39, 0.29) is 11.4 Å². The smallest absolute Gasteiger partial charge is 0.275 e. The van der Waals surface area contributed by atoms with Gasteiger partial charge in [0.05, 0.1) is 10.6 Å². The minimum Gasteiger partial charge on any atom is -0.318 e. The largest absolute Gasteiger partial charge is 0.318 e. The zero-order valence-corrected chi connectivity index (χ0v) is 12.1. The van der Waals surface area contributed by atoms with Gasteiger partial charge in [-0.25, -0.2) is 13.8 Å². The van der Waals surface area contributed by atoms with E-state index >= 15 is 0 Å². The average molecular weight is 322 g/mol. The fourth-order valence-corrected chi connectivity index (χ4v) is 3.29. The van der Waals surface area contributed by atoms with Gasteiger partial charge in [0.25, 0.3) is 5.91 Å². The summed E-state index contributed by atoms with van der Waals surface area (Å²) >= 11 is 2.84. The summed E-state index contributed by atoms with van der Waals surface area (Å²) in [6, 6.07) is 6.67. The number of nitrogens with zero attached hydrogens (tertiary/aromatic N) is 1. The predicted molar refractivity (Wildman–Crippen MR) is 79.7 cm³/mol. The Kier molecular flexibility index (Phi) is 3.76. The van der Waals surface area contributed by atoms with Crippen molar-refractivity contribution in [3.05, 3.63) is 58.4 Å². The number of rotatable bonds is 3. The number of thiazole rings is 1. The van der Waals surface area contributed by atoms with Crippen LogP contribution in [-0.2, 0) is 0 Å². The number of carbonyl (C=O) groups is 1. The summed E-state index contributed by atoms with van der Waals surface area (Å²) < 4.78 is 26.5. The second-order valence-electron chi connectivity index (χ2n) is 4.09. The van der Waals surface area contributed by atoms with Crippen molar-refractivity contribution in [1.29, 1.82) is 0 Å². The number of nitrogens with one attached hydrogen (secondary N) is 1. The lowest BCUT2D eigenvalue weighted by molar-refractivity contribution is 0.102. The van der Waals surface area contributed by atoms with Crippen LogP contribution in [0.25, 0.3) is 9.88 Å². The summed E-state index contributed by atoms with van der Waals surface area (Å²) in [5.41, 5.74) is -0.0299. The maximum absolute atomic E-state index is 13.5. The zero-order chi connectivity index (χ0) is 14.8. The molecular formula is C14H8F2N2OS2. The summed E-state index contributed by atoms with van der Waals surface area (Å²) in [7, 11) is 0. The van der Waals surface area contributed by atoms with Gasteiger partial charge in [-0.2, -0.15) is 0 Å². The second-order valence-corrected chi connectivity index (χ2v) is 5.90. The zero-order valence-electron chi connectivity index (χ0n) is 10.5. The van der Waals surface area contributed by atoms with Crippen molar-refractivity contribution in [3.8, 4) is 9.88 Å². The van der Waals surface area contributed by atoms with Crippen LogP contribution in [0.5, 0.6) is 0 Å². The molecule has 3 aromatic rings. The predicted octanol–water partition coefficient (Wildman–Crippen LogP) is 4.40. The molecule has 7 heteroatoms. The Bertz CT molecular complexity index is 784. The van der Waals surface area contributed by atoms with E-state index in [1.807, 2.05) is 17.5 Å². The van der Waals surface area contributed by atoms with Crippen LogP contribution in [0, 0.1) is 11.6 Å². The first-order chi connectivity index (χ1) is 10.1. The molecule has 2 heterocycles. The van der Waals surface area contributed by atoms with Crippen molar-refractivity contribution >= 4 is 34.3 Å². The molecule has 0 radical (unpaired) electrons. The van der Waals surface area contributed by atoms with Crippen LogP contribution in [0.1, 0.15) is 10.5 Å². The molecule has 0 aliphatic rings. The molecule has 0 fully saturated rings. The van der Waals surface area contributed by atoms with Gasteiger partial charge in [-0.1, -0.05) is 6.07 Å². The average Bonchev–Trinajstić information content (AvgIpc) is 3.12. The van der Waals surface area contributed by atoms with Gasteiger partial charge in [0, 0.05) is 11.4 Å². The van der Waals surface area contributed by atoms with Crippen molar-refractivity contribution in [2.45, 2.75) is 0 Å². The molecule has 0 saturated heterocycles. The molecule has 0 unspecified atom stereocenters. The van der Waals surface area contributed by atoms with Gasteiger partial charge in [0.1, 0.15) is 22.3 Å². The van der Waals surface area contributed by atoms with Gasteiger partial charge in [0.2, 0.25) is 0 Å². The summed E-state index contributed by atoms with van der Waals surface area (Å²) in [6.07, 6.45) is 0. The molecule has 0 bridgehead atoms. The number of amides is 1. The molecule has 0 spiro atoms. The molecule has 3 nitrogen and oxygen atoms in total. The van der Waals surface area contributed by atoms with Crippen LogP contribution in [0.15, 0.2) is 41.1 Å². The molecule has 3 rings (SSSR count). The maximum Gasteiger partial charge on any atom is 0.275 e. The third kappa shape index (κ3) is 2.98. The number of carbonyl (C=O) groups excluding carboxylic acids is 1. The Morgan fingerprint density at radius 3 is 2.81 bits per heavy atom. The van der Waals surface area contributed by atoms with Gasteiger partial charge in [-0.15, -0.1) is 22.7 Å². The molecule has 106 valence electrons. The lowest BCUT2D eigenvalue weighted by Crippen LogP contribution is -2.13. The minimum atomic E-state index is -0.696. The van der Waals surface area contributed by atoms with Crippen LogP contribution in [-0.4, -0.2) is 10.9 Å². The Balaban J connectivity index is 1.81. The van der Waals surface area contributed by atoms with Crippen LogP contribution >= 0.6 is 22.7 Å². The van der Waals surface area contributed by atoms with Gasteiger partial charge in [-0.3, -0.25) is 4.79 Å². The molecule has 2 aromatic heterocycles. The number of hydrogen-bond acceptors (Lipinski definition) is 4. The highest BCUT2D eigenvalue weighted by molar-refractivity contribution is 7.20. The van der Waals surface area contributed by atoms with E-state index in [1.165, 1.54) is 22.7 Å². The number of aromatic nitrogens is 1. The van der Waals surface area contributed by atoms with Crippen LogP contribution < -0.4 is 5.32 Å². The standard InChI is InChI=1S/C14H8F2N2OS2/c15-8-3-4-9(16)10(6-8)17-13(19)11-7-21-14(18-11)12-2-1-5-20-12/h1-7H,(H,17,19). The normalized spacial score (nSPS) is 10.6. The molecule has 0 aliphatic heterocycles. The lowest BCUT2D eigenvalue weighted by Gasteiger charge is -2.04. The molecular weight excluding hydrogens is 314 g/mol. The van der Waals surface area contributed by atoms with Crippen LogP contribution in [0.4, 0.5) is 14.5 Å². The number of anilines is 1. The summed E-state index contributed by atoms with van der Waals surface area (Å²) in [5.74, 6) is -1.89. The van der Waals surface area contributed by atoms with E-state index in [0.717, 1.165) is 28.1 Å². The van der Waals surface area contributed by atoms with Gasteiger partial charge in [-0.05, 0) is 23.6 Å². The van der Waals surface area contributed by atoms with E-state index in [2.05, 4.69) is 10.3 Å². The summed E-state index contributed by atoms with van der Waals surface area (Å²) in [5, 5.41) is 6.54. The van der Waals surface area contributed by atoms with Gasteiger partial charge in [0.15, 0.2) is 0 Å². The van der Waals surface area contributed by atoms with Crippen molar-refractivity contribution in [2.75, 3.05) is 5.32 Å². The Hall–Kier alpha value is -2.12. The van der Waals surface area contributed by atoms with Gasteiger partial charge < -0.3 is 5.32 Å². The first-order valence-corrected chi connectivity index (χ1v) is 7.65. The monoisotopic (exact) mass is 322 g/mol. The Morgan fingerprint density at radius 1 is 1.19 bits per heavy atom. The van der Waals surface area contributed by atoms with Gasteiger partial charge >= 0.3 is 0 Å².